The lowest BCUT2D eigenvalue weighted by molar-refractivity contribution is 0.304. The first-order valence-electron chi connectivity index (χ1n) is 6.53. The molecule has 0 unspecified atom stereocenters. The molecule has 0 aliphatic heterocycles. The van der Waals surface area contributed by atoms with Crippen LogP contribution in [0.1, 0.15) is 30.3 Å². The van der Waals surface area contributed by atoms with E-state index >= 15 is 0 Å². The quantitative estimate of drug-likeness (QED) is 0.841. The lowest BCUT2D eigenvalue weighted by Gasteiger charge is -2.05. The molecule has 0 spiro atoms. The van der Waals surface area contributed by atoms with E-state index in [1.165, 1.54) is 29.7 Å². The molecule has 0 radical (unpaired) electrons. The van der Waals surface area contributed by atoms with Crippen LogP contribution in [0, 0.1) is 0 Å². The van der Waals surface area contributed by atoms with Crippen LogP contribution in [0.3, 0.4) is 0 Å². The lowest BCUT2D eigenvalue weighted by atomic mass is 10.1. The summed E-state index contributed by atoms with van der Waals surface area (Å²) in [6.07, 6.45) is 3.60. The second kappa shape index (κ2) is 7.09. The SMILES string of the molecule is CCCCc1ccc(OCc2nnc(NC)s2)cc1. The standard InChI is InChI=1S/C14H19N3OS/c1-3-4-5-11-6-8-12(9-7-11)18-10-13-16-17-14(15-2)19-13/h6-9H,3-5,10H2,1-2H3,(H,15,17). The summed E-state index contributed by atoms with van der Waals surface area (Å²) in [6.45, 7) is 2.67. The molecule has 0 fully saturated rings. The van der Waals surface area contributed by atoms with Gasteiger partial charge in [0, 0.05) is 7.05 Å². The van der Waals surface area contributed by atoms with Gasteiger partial charge in [0.2, 0.25) is 5.13 Å². The fourth-order valence-electron chi connectivity index (χ4n) is 1.69. The maximum atomic E-state index is 5.69. The summed E-state index contributed by atoms with van der Waals surface area (Å²) in [4.78, 5) is 0. The number of benzene rings is 1. The Labute approximate surface area is 117 Å². The van der Waals surface area contributed by atoms with Gasteiger partial charge in [-0.05, 0) is 30.5 Å². The zero-order chi connectivity index (χ0) is 13.5. The smallest absolute Gasteiger partial charge is 0.205 e. The van der Waals surface area contributed by atoms with Gasteiger partial charge in [0.25, 0.3) is 0 Å². The third-order valence-electron chi connectivity index (χ3n) is 2.79. The molecule has 0 amide bonds. The summed E-state index contributed by atoms with van der Waals surface area (Å²) >= 11 is 1.51. The van der Waals surface area contributed by atoms with Gasteiger partial charge in [-0.25, -0.2) is 0 Å². The minimum Gasteiger partial charge on any atom is -0.486 e. The van der Waals surface area contributed by atoms with Gasteiger partial charge >= 0.3 is 0 Å². The first kappa shape index (κ1) is 13.8. The molecule has 0 atom stereocenters. The van der Waals surface area contributed by atoms with Crippen molar-refractivity contribution in [2.45, 2.75) is 32.8 Å². The predicted molar refractivity (Wildman–Crippen MR) is 78.8 cm³/mol. The highest BCUT2D eigenvalue weighted by Crippen LogP contribution is 2.18. The highest BCUT2D eigenvalue weighted by molar-refractivity contribution is 7.15. The molecule has 1 aromatic carbocycles. The largest absolute Gasteiger partial charge is 0.486 e. The van der Waals surface area contributed by atoms with Gasteiger partial charge in [-0.2, -0.15) is 0 Å². The van der Waals surface area contributed by atoms with Crippen LogP contribution in [-0.4, -0.2) is 17.2 Å². The van der Waals surface area contributed by atoms with E-state index in [9.17, 15) is 0 Å². The molecule has 4 nitrogen and oxygen atoms in total. The Morgan fingerprint density at radius 1 is 1.21 bits per heavy atom. The summed E-state index contributed by atoms with van der Waals surface area (Å²) in [7, 11) is 1.83. The Morgan fingerprint density at radius 2 is 2.00 bits per heavy atom. The number of nitrogens with zero attached hydrogens (tertiary/aromatic N) is 2. The summed E-state index contributed by atoms with van der Waals surface area (Å²) in [6, 6.07) is 8.30. The summed E-state index contributed by atoms with van der Waals surface area (Å²) < 4.78 is 5.69. The third-order valence-corrected chi connectivity index (χ3v) is 3.70. The number of unbranched alkanes of at least 4 members (excludes halogenated alkanes) is 1. The van der Waals surface area contributed by atoms with E-state index in [2.05, 4.69) is 34.6 Å². The Bertz CT molecular complexity index is 496. The number of nitrogens with one attached hydrogen (secondary N) is 1. The van der Waals surface area contributed by atoms with Crippen molar-refractivity contribution >= 4 is 16.5 Å². The van der Waals surface area contributed by atoms with E-state index in [1.54, 1.807) is 0 Å². The molecule has 1 aromatic heterocycles. The monoisotopic (exact) mass is 277 g/mol. The van der Waals surface area contributed by atoms with Crippen molar-refractivity contribution in [3.05, 3.63) is 34.8 Å². The first-order chi connectivity index (χ1) is 9.31. The molecule has 2 aromatic rings. The second-order valence-electron chi connectivity index (χ2n) is 4.29. The van der Waals surface area contributed by atoms with E-state index in [0.717, 1.165) is 22.3 Å². The molecule has 0 saturated heterocycles. The molecule has 1 N–H and O–H groups in total. The molecule has 0 aliphatic rings. The predicted octanol–water partition coefficient (Wildman–Crippen LogP) is 3.50. The number of rotatable bonds is 7. The van der Waals surface area contributed by atoms with Gasteiger partial charge in [-0.3, -0.25) is 0 Å². The van der Waals surface area contributed by atoms with Gasteiger partial charge < -0.3 is 10.1 Å². The van der Waals surface area contributed by atoms with Crippen LogP contribution in [0.2, 0.25) is 0 Å². The van der Waals surface area contributed by atoms with E-state index in [1.807, 2.05) is 19.2 Å². The highest BCUT2D eigenvalue weighted by atomic mass is 32.1. The van der Waals surface area contributed by atoms with Crippen LogP contribution >= 0.6 is 11.3 Å². The van der Waals surface area contributed by atoms with Crippen LogP contribution < -0.4 is 10.1 Å². The molecule has 0 saturated carbocycles. The number of aromatic nitrogens is 2. The fourth-order valence-corrected chi connectivity index (χ4v) is 2.30. The molecule has 0 bridgehead atoms. The van der Waals surface area contributed by atoms with E-state index in [0.29, 0.717) is 6.61 Å². The molecule has 5 heteroatoms. The van der Waals surface area contributed by atoms with Crippen LogP contribution in [0.15, 0.2) is 24.3 Å². The zero-order valence-electron chi connectivity index (χ0n) is 11.3. The maximum absolute atomic E-state index is 5.69. The normalized spacial score (nSPS) is 10.4. The third kappa shape index (κ3) is 4.21. The Kier molecular flexibility index (Phi) is 5.15. The van der Waals surface area contributed by atoms with E-state index < -0.39 is 0 Å². The van der Waals surface area contributed by atoms with Gasteiger partial charge in [0.15, 0.2) is 5.01 Å². The molecular formula is C14H19N3OS. The second-order valence-corrected chi connectivity index (χ2v) is 5.35. The topological polar surface area (TPSA) is 47.0 Å². The zero-order valence-corrected chi connectivity index (χ0v) is 12.2. The Hall–Kier alpha value is -1.62. The minimum atomic E-state index is 0.466. The average molecular weight is 277 g/mol. The van der Waals surface area contributed by atoms with Gasteiger partial charge in [0.05, 0.1) is 0 Å². The number of ether oxygens (including phenoxy) is 1. The Balaban J connectivity index is 1.85. The fraction of sp³-hybridized carbons (Fsp3) is 0.429. The van der Waals surface area contributed by atoms with E-state index in [4.69, 9.17) is 4.74 Å². The van der Waals surface area contributed by atoms with Crippen LogP contribution in [0.5, 0.6) is 5.75 Å². The van der Waals surface area contributed by atoms with Crippen molar-refractivity contribution in [2.24, 2.45) is 0 Å². The summed E-state index contributed by atoms with van der Waals surface area (Å²) in [5.41, 5.74) is 1.36. The highest BCUT2D eigenvalue weighted by Gasteiger charge is 2.03. The van der Waals surface area contributed by atoms with Crippen molar-refractivity contribution in [3.8, 4) is 5.75 Å². The van der Waals surface area contributed by atoms with E-state index in [-0.39, 0.29) is 0 Å². The van der Waals surface area contributed by atoms with Crippen molar-refractivity contribution in [3.63, 3.8) is 0 Å². The van der Waals surface area contributed by atoms with Gasteiger partial charge in [-0.1, -0.05) is 36.8 Å². The van der Waals surface area contributed by atoms with Crippen molar-refractivity contribution in [2.75, 3.05) is 12.4 Å². The Morgan fingerprint density at radius 3 is 2.63 bits per heavy atom. The number of hydrogen-bond acceptors (Lipinski definition) is 5. The van der Waals surface area contributed by atoms with Crippen LogP contribution in [-0.2, 0) is 13.0 Å². The first-order valence-corrected chi connectivity index (χ1v) is 7.35. The lowest BCUT2D eigenvalue weighted by Crippen LogP contribution is -1.95. The van der Waals surface area contributed by atoms with Crippen molar-refractivity contribution in [1.82, 2.24) is 10.2 Å². The molecule has 1 heterocycles. The minimum absolute atomic E-state index is 0.466. The van der Waals surface area contributed by atoms with Crippen molar-refractivity contribution in [1.29, 1.82) is 0 Å². The molecule has 2 rings (SSSR count). The summed E-state index contributed by atoms with van der Waals surface area (Å²) in [5, 5.41) is 12.7. The number of anilines is 1. The van der Waals surface area contributed by atoms with Gasteiger partial charge in [-0.15, -0.1) is 10.2 Å². The van der Waals surface area contributed by atoms with Crippen molar-refractivity contribution < 1.29 is 4.74 Å². The summed E-state index contributed by atoms with van der Waals surface area (Å²) in [5.74, 6) is 0.876. The van der Waals surface area contributed by atoms with Gasteiger partial charge in [0.1, 0.15) is 12.4 Å². The number of hydrogen-bond donors (Lipinski definition) is 1. The van der Waals surface area contributed by atoms with Crippen LogP contribution in [0.25, 0.3) is 0 Å². The number of aryl methyl sites for hydroxylation is 1. The van der Waals surface area contributed by atoms with Crippen LogP contribution in [0.4, 0.5) is 5.13 Å². The maximum Gasteiger partial charge on any atom is 0.205 e. The molecule has 102 valence electrons. The molecule has 0 aliphatic carbocycles. The molecule has 19 heavy (non-hydrogen) atoms. The average Bonchev–Trinajstić information content (AvgIpc) is 2.92. The molecular weight excluding hydrogens is 258 g/mol.